The van der Waals surface area contributed by atoms with Crippen molar-refractivity contribution in [3.05, 3.63) is 114 Å². The van der Waals surface area contributed by atoms with Crippen molar-refractivity contribution < 1.29 is 19.2 Å². The fraction of sp³-hybridized carbons (Fsp3) is 0.250. The summed E-state index contributed by atoms with van der Waals surface area (Å²) in [4.78, 5) is 99.4. The van der Waals surface area contributed by atoms with Crippen LogP contribution in [0.5, 0.6) is 0 Å². The Morgan fingerprint density at radius 3 is 1.30 bits per heavy atom. The van der Waals surface area contributed by atoms with E-state index in [2.05, 4.69) is 41.5 Å². The highest BCUT2D eigenvalue weighted by atomic mass is 16.2. The fourth-order valence-corrected chi connectivity index (χ4v) is 4.42. The summed E-state index contributed by atoms with van der Waals surface area (Å²) in [5.74, 6) is -1.56. The second-order valence-corrected chi connectivity index (χ2v) is 10.9. The van der Waals surface area contributed by atoms with Crippen molar-refractivity contribution >= 4 is 46.4 Å². The number of aromatic amines is 2. The summed E-state index contributed by atoms with van der Waals surface area (Å²) in [5, 5.41) is 18.9. The molecule has 0 fully saturated rings. The van der Waals surface area contributed by atoms with Crippen LogP contribution < -0.4 is 43.8 Å². The number of hydrogen-bond donors (Lipinski definition) is 6. The van der Waals surface area contributed by atoms with Crippen LogP contribution in [0.4, 0.5) is 22.7 Å². The normalized spacial score (nSPS) is 10.8. The zero-order valence-electron chi connectivity index (χ0n) is 27.1. The van der Waals surface area contributed by atoms with Gasteiger partial charge in [-0.25, -0.2) is 9.59 Å². The van der Waals surface area contributed by atoms with Crippen molar-refractivity contribution in [2.75, 3.05) is 23.7 Å². The third-order valence-electron chi connectivity index (χ3n) is 7.14. The van der Waals surface area contributed by atoms with Gasteiger partial charge >= 0.3 is 11.4 Å². The number of carbonyl (C=O) groups excluding carboxylic acids is 4. The van der Waals surface area contributed by atoms with Crippen molar-refractivity contribution in [2.45, 2.75) is 25.7 Å². The Labute approximate surface area is 282 Å². The molecule has 2 heterocycles. The first-order valence-corrected chi connectivity index (χ1v) is 15.2. The molecule has 0 saturated carbocycles. The first kappa shape index (κ1) is 36.1. The van der Waals surface area contributed by atoms with Crippen molar-refractivity contribution in [2.24, 2.45) is 24.3 Å². The number of nitrogens with one attached hydrogen (secondary N) is 6. The van der Waals surface area contributed by atoms with E-state index in [9.17, 15) is 38.4 Å². The highest BCUT2D eigenvalue weighted by Crippen LogP contribution is 2.22. The molecule has 2 aromatic heterocycles. The Kier molecular flexibility index (Phi) is 12.2. The number of carbonyl (C=O) groups is 4. The van der Waals surface area contributed by atoms with E-state index >= 15 is 0 Å². The molecule has 0 saturated heterocycles. The molecule has 50 heavy (non-hydrogen) atoms. The Hall–Kier alpha value is -6.72. The van der Waals surface area contributed by atoms with E-state index in [1.807, 2.05) is 0 Å². The molecule has 260 valence electrons. The molecule has 0 atom stereocenters. The molecule has 0 bridgehead atoms. The monoisotopic (exact) mass is 686 g/mol. The van der Waals surface area contributed by atoms with Crippen LogP contribution in [0.15, 0.2) is 90.1 Å². The summed E-state index contributed by atoms with van der Waals surface area (Å²) in [5.41, 5.74) is 0.109. The topological polar surface area (TPSA) is 251 Å². The van der Waals surface area contributed by atoms with E-state index in [4.69, 9.17) is 0 Å². The molecule has 4 rings (SSSR count). The highest BCUT2D eigenvalue weighted by molar-refractivity contribution is 5.92. The average molecular weight is 687 g/mol. The largest absolute Gasteiger partial charge is 0.355 e. The summed E-state index contributed by atoms with van der Waals surface area (Å²) < 4.78 is 2.33. The molecule has 0 radical (unpaired) electrons. The van der Waals surface area contributed by atoms with Crippen LogP contribution in [0.1, 0.15) is 24.2 Å². The van der Waals surface area contributed by atoms with Gasteiger partial charge in [0.15, 0.2) is 0 Å². The third kappa shape index (κ3) is 10.9. The van der Waals surface area contributed by atoms with Crippen LogP contribution in [0.2, 0.25) is 0 Å². The van der Waals surface area contributed by atoms with Gasteiger partial charge in [-0.05, 0) is 48.5 Å². The van der Waals surface area contributed by atoms with Crippen LogP contribution in [0.3, 0.4) is 0 Å². The second-order valence-electron chi connectivity index (χ2n) is 10.9. The first-order valence-electron chi connectivity index (χ1n) is 15.2. The van der Waals surface area contributed by atoms with Crippen LogP contribution in [0.25, 0.3) is 0 Å². The lowest BCUT2D eigenvalue weighted by atomic mass is 10.2. The zero-order valence-corrected chi connectivity index (χ0v) is 27.1. The predicted molar refractivity (Wildman–Crippen MR) is 182 cm³/mol. The molecule has 0 aliphatic heterocycles. The zero-order chi connectivity index (χ0) is 36.2. The first-order chi connectivity index (χ1) is 23.9. The number of aromatic nitrogens is 4. The molecule has 18 nitrogen and oxygen atoms in total. The van der Waals surface area contributed by atoms with E-state index in [-0.39, 0.29) is 62.0 Å². The van der Waals surface area contributed by atoms with Gasteiger partial charge in [0.25, 0.3) is 11.1 Å². The Balaban J connectivity index is 1.15. The summed E-state index contributed by atoms with van der Waals surface area (Å²) in [7, 11) is 2.87. The van der Waals surface area contributed by atoms with Gasteiger partial charge in [0.05, 0.1) is 24.2 Å². The maximum Gasteiger partial charge on any atom is 0.328 e. The minimum atomic E-state index is -0.623. The van der Waals surface area contributed by atoms with E-state index in [0.717, 1.165) is 0 Å². The quantitative estimate of drug-likeness (QED) is 0.100. The second kappa shape index (κ2) is 16.9. The number of benzene rings is 2. The SMILES string of the molecule is Cn1c(CC(=O)NCCC(=O)Nc2ccc(/N=N/c3ccc(NC(=O)CCNC(=O)Cc4cc(=O)[nH]c(=O)n4C)cc3)cc2)cc(=O)[nH]c1=O. The molecule has 18 heteroatoms. The fourth-order valence-electron chi connectivity index (χ4n) is 4.42. The van der Waals surface area contributed by atoms with E-state index < -0.39 is 34.3 Å². The lowest BCUT2D eigenvalue weighted by Crippen LogP contribution is -2.34. The molecule has 0 unspecified atom stereocenters. The summed E-state index contributed by atoms with van der Waals surface area (Å²) in [6, 6.07) is 15.5. The van der Waals surface area contributed by atoms with E-state index in [1.54, 1.807) is 48.5 Å². The standard InChI is InChI=1S/C32H34N10O8/c1-41-23(17-29(47)37-31(41)49)15-27(45)33-13-11-25(43)35-19-3-7-21(8-4-19)39-40-22-9-5-20(6-10-22)36-26(44)12-14-34-28(46)16-24-18-30(48)38-32(50)42(24)2/h3-10,17-18H,11-16H2,1-2H3,(H,33,45)(H,34,46)(H,35,43)(H,36,44)(H,37,47,49)(H,38,48,50)/b40-39+. The van der Waals surface area contributed by atoms with Crippen LogP contribution >= 0.6 is 0 Å². The van der Waals surface area contributed by atoms with Crippen molar-refractivity contribution in [1.82, 2.24) is 29.7 Å². The van der Waals surface area contributed by atoms with E-state index in [0.29, 0.717) is 22.7 Å². The van der Waals surface area contributed by atoms with Gasteiger partial charge in [-0.1, -0.05) is 0 Å². The lowest BCUT2D eigenvalue weighted by Gasteiger charge is -2.09. The number of anilines is 2. The van der Waals surface area contributed by atoms with Gasteiger partial charge in [-0.3, -0.25) is 38.7 Å². The molecule has 0 aliphatic carbocycles. The molecule has 4 amide bonds. The van der Waals surface area contributed by atoms with Gasteiger partial charge in [0, 0.05) is 74.9 Å². The minimum Gasteiger partial charge on any atom is -0.355 e. The van der Waals surface area contributed by atoms with Crippen molar-refractivity contribution in [1.29, 1.82) is 0 Å². The summed E-state index contributed by atoms with van der Waals surface area (Å²) in [6.45, 7) is 0.111. The predicted octanol–water partition coefficient (Wildman–Crippen LogP) is 0.251. The molecule has 0 aliphatic rings. The number of azo groups is 1. The van der Waals surface area contributed by atoms with Crippen molar-refractivity contribution in [3.8, 4) is 0 Å². The minimum absolute atomic E-state index is 0.00251. The Morgan fingerprint density at radius 2 is 0.940 bits per heavy atom. The smallest absolute Gasteiger partial charge is 0.328 e. The van der Waals surface area contributed by atoms with Gasteiger partial charge in [0.1, 0.15) is 0 Å². The Morgan fingerprint density at radius 1 is 0.580 bits per heavy atom. The summed E-state index contributed by atoms with van der Waals surface area (Å²) in [6.07, 6.45) is -0.383. The van der Waals surface area contributed by atoms with Gasteiger partial charge < -0.3 is 30.4 Å². The number of H-pyrrole nitrogens is 2. The van der Waals surface area contributed by atoms with Crippen LogP contribution in [-0.2, 0) is 46.1 Å². The van der Waals surface area contributed by atoms with Gasteiger partial charge in [-0.15, -0.1) is 0 Å². The van der Waals surface area contributed by atoms with Crippen LogP contribution in [-0.4, -0.2) is 55.8 Å². The number of amides is 4. The summed E-state index contributed by atoms with van der Waals surface area (Å²) >= 11 is 0. The average Bonchev–Trinajstić information content (AvgIpc) is 3.06. The van der Waals surface area contributed by atoms with E-state index in [1.165, 1.54) is 35.4 Å². The molecule has 4 aromatic rings. The van der Waals surface area contributed by atoms with Crippen LogP contribution in [0, 0.1) is 0 Å². The maximum atomic E-state index is 12.3. The maximum absolute atomic E-state index is 12.3. The van der Waals surface area contributed by atoms with Crippen molar-refractivity contribution in [3.63, 3.8) is 0 Å². The van der Waals surface area contributed by atoms with Gasteiger partial charge in [0.2, 0.25) is 23.6 Å². The number of rotatable bonds is 14. The third-order valence-corrected chi connectivity index (χ3v) is 7.14. The Bertz CT molecular complexity index is 1990. The number of nitrogens with zero attached hydrogens (tertiary/aromatic N) is 4. The molecular formula is C32H34N10O8. The molecule has 2 aromatic carbocycles. The highest BCUT2D eigenvalue weighted by Gasteiger charge is 2.11. The molecule has 6 N–H and O–H groups in total. The molecular weight excluding hydrogens is 652 g/mol. The molecule has 0 spiro atoms. The lowest BCUT2D eigenvalue weighted by molar-refractivity contribution is -0.122. The van der Waals surface area contributed by atoms with Gasteiger partial charge in [-0.2, -0.15) is 10.2 Å². The number of hydrogen-bond acceptors (Lipinski definition) is 10.